The van der Waals surface area contributed by atoms with E-state index in [0.717, 1.165) is 11.3 Å². The van der Waals surface area contributed by atoms with Gasteiger partial charge < -0.3 is 9.52 Å². The van der Waals surface area contributed by atoms with Gasteiger partial charge in [0.1, 0.15) is 5.76 Å². The zero-order valence-corrected chi connectivity index (χ0v) is 5.71. The summed E-state index contributed by atoms with van der Waals surface area (Å²) in [6.07, 6.45) is 2.17. The standard InChI is InChI=1S/C8H10O2/c1-7(4-5-9)8-3-2-6-10-8/h2-3,6,9H,1,4-5H2. The second-order valence-electron chi connectivity index (χ2n) is 2.05. The van der Waals surface area contributed by atoms with E-state index in [1.165, 1.54) is 0 Å². The van der Waals surface area contributed by atoms with Gasteiger partial charge in [0, 0.05) is 6.61 Å². The summed E-state index contributed by atoms with van der Waals surface area (Å²) in [7, 11) is 0. The maximum atomic E-state index is 8.53. The number of hydrogen-bond donors (Lipinski definition) is 1. The third-order valence-corrected chi connectivity index (χ3v) is 1.28. The fraction of sp³-hybridized carbons (Fsp3) is 0.250. The van der Waals surface area contributed by atoms with E-state index in [1.807, 2.05) is 6.07 Å². The smallest absolute Gasteiger partial charge is 0.129 e. The average Bonchev–Trinajstić information content (AvgIpc) is 2.38. The molecular formula is C8H10O2. The van der Waals surface area contributed by atoms with Crippen LogP contribution in [0, 0.1) is 0 Å². The summed E-state index contributed by atoms with van der Waals surface area (Å²) < 4.78 is 5.04. The topological polar surface area (TPSA) is 33.4 Å². The van der Waals surface area contributed by atoms with Crippen molar-refractivity contribution in [3.63, 3.8) is 0 Å². The molecule has 0 amide bonds. The van der Waals surface area contributed by atoms with Crippen LogP contribution < -0.4 is 0 Å². The maximum absolute atomic E-state index is 8.53. The molecule has 0 aliphatic heterocycles. The van der Waals surface area contributed by atoms with E-state index in [1.54, 1.807) is 12.3 Å². The van der Waals surface area contributed by atoms with E-state index in [9.17, 15) is 0 Å². The molecule has 54 valence electrons. The Balaban J connectivity index is 2.59. The van der Waals surface area contributed by atoms with Gasteiger partial charge in [-0.3, -0.25) is 0 Å². The number of furan rings is 1. The molecule has 0 aliphatic carbocycles. The predicted octanol–water partition coefficient (Wildman–Crippen LogP) is 1.68. The number of aliphatic hydroxyl groups excluding tert-OH is 1. The second kappa shape index (κ2) is 3.22. The summed E-state index contributed by atoms with van der Waals surface area (Å²) in [4.78, 5) is 0. The molecule has 2 heteroatoms. The third-order valence-electron chi connectivity index (χ3n) is 1.28. The van der Waals surface area contributed by atoms with Crippen LogP contribution in [0.4, 0.5) is 0 Å². The Morgan fingerprint density at radius 1 is 1.70 bits per heavy atom. The molecule has 0 saturated carbocycles. The van der Waals surface area contributed by atoms with Gasteiger partial charge in [-0.25, -0.2) is 0 Å². The fourth-order valence-electron chi connectivity index (χ4n) is 0.738. The molecule has 1 aromatic heterocycles. The van der Waals surface area contributed by atoms with E-state index >= 15 is 0 Å². The van der Waals surface area contributed by atoms with Gasteiger partial charge in [0.05, 0.1) is 6.26 Å². The van der Waals surface area contributed by atoms with E-state index in [0.29, 0.717) is 6.42 Å². The van der Waals surface area contributed by atoms with Crippen LogP contribution in [-0.4, -0.2) is 11.7 Å². The van der Waals surface area contributed by atoms with Gasteiger partial charge in [-0.2, -0.15) is 0 Å². The summed E-state index contributed by atoms with van der Waals surface area (Å²) in [5.74, 6) is 0.758. The molecule has 0 spiro atoms. The SMILES string of the molecule is C=C(CCO)c1ccco1. The monoisotopic (exact) mass is 138 g/mol. The zero-order valence-electron chi connectivity index (χ0n) is 5.71. The van der Waals surface area contributed by atoms with Crippen molar-refractivity contribution in [2.75, 3.05) is 6.61 Å². The minimum atomic E-state index is 0.125. The van der Waals surface area contributed by atoms with Crippen LogP contribution >= 0.6 is 0 Å². The van der Waals surface area contributed by atoms with Crippen molar-refractivity contribution in [3.05, 3.63) is 30.7 Å². The van der Waals surface area contributed by atoms with Crippen molar-refractivity contribution in [1.82, 2.24) is 0 Å². The van der Waals surface area contributed by atoms with Crippen molar-refractivity contribution >= 4 is 5.57 Å². The molecule has 0 aromatic carbocycles. The lowest BCUT2D eigenvalue weighted by atomic mass is 10.2. The van der Waals surface area contributed by atoms with Crippen LogP contribution in [-0.2, 0) is 0 Å². The lowest BCUT2D eigenvalue weighted by Crippen LogP contribution is -1.84. The van der Waals surface area contributed by atoms with E-state index in [4.69, 9.17) is 9.52 Å². The first kappa shape index (κ1) is 7.09. The molecule has 0 bridgehead atoms. The van der Waals surface area contributed by atoms with Crippen molar-refractivity contribution in [3.8, 4) is 0 Å². The Kier molecular flexibility index (Phi) is 2.29. The van der Waals surface area contributed by atoms with Gasteiger partial charge in [-0.15, -0.1) is 0 Å². The molecule has 1 rings (SSSR count). The third kappa shape index (κ3) is 1.48. The molecule has 0 radical (unpaired) electrons. The van der Waals surface area contributed by atoms with Crippen LogP contribution in [0.15, 0.2) is 29.4 Å². The predicted molar refractivity (Wildman–Crippen MR) is 39.4 cm³/mol. The minimum Gasteiger partial charge on any atom is -0.465 e. The average molecular weight is 138 g/mol. The molecule has 1 N–H and O–H groups in total. The van der Waals surface area contributed by atoms with Gasteiger partial charge in [0.25, 0.3) is 0 Å². The highest BCUT2D eigenvalue weighted by molar-refractivity contribution is 5.58. The van der Waals surface area contributed by atoms with E-state index < -0.39 is 0 Å². The first-order valence-electron chi connectivity index (χ1n) is 3.17. The Hall–Kier alpha value is -1.02. The highest BCUT2D eigenvalue weighted by atomic mass is 16.3. The van der Waals surface area contributed by atoms with Crippen molar-refractivity contribution < 1.29 is 9.52 Å². The molecule has 0 aliphatic rings. The molecule has 1 heterocycles. The molecule has 1 aromatic rings. The molecule has 0 fully saturated rings. The van der Waals surface area contributed by atoms with E-state index in [2.05, 4.69) is 6.58 Å². The molecule has 10 heavy (non-hydrogen) atoms. The number of aliphatic hydroxyl groups is 1. The molecule has 0 unspecified atom stereocenters. The van der Waals surface area contributed by atoms with Gasteiger partial charge in [-0.05, 0) is 24.1 Å². The number of hydrogen-bond acceptors (Lipinski definition) is 2. The lowest BCUT2D eigenvalue weighted by Gasteiger charge is -1.96. The first-order valence-corrected chi connectivity index (χ1v) is 3.17. The second-order valence-corrected chi connectivity index (χ2v) is 2.05. The molecule has 2 nitrogen and oxygen atoms in total. The summed E-state index contributed by atoms with van der Waals surface area (Å²) in [6, 6.07) is 3.63. The molecule has 0 atom stereocenters. The fourth-order valence-corrected chi connectivity index (χ4v) is 0.738. The Bertz CT molecular complexity index is 199. The summed E-state index contributed by atoms with van der Waals surface area (Å²) >= 11 is 0. The Labute approximate surface area is 59.8 Å². The van der Waals surface area contributed by atoms with Crippen LogP contribution in [0.2, 0.25) is 0 Å². The normalized spacial score (nSPS) is 9.70. The highest BCUT2D eigenvalue weighted by Gasteiger charge is 1.98. The van der Waals surface area contributed by atoms with Gasteiger partial charge >= 0.3 is 0 Å². The Morgan fingerprint density at radius 2 is 2.50 bits per heavy atom. The van der Waals surface area contributed by atoms with Crippen molar-refractivity contribution in [2.45, 2.75) is 6.42 Å². The van der Waals surface area contributed by atoms with Crippen LogP contribution in [0.5, 0.6) is 0 Å². The first-order chi connectivity index (χ1) is 4.84. The zero-order chi connectivity index (χ0) is 7.40. The summed E-state index contributed by atoms with van der Waals surface area (Å²) in [5.41, 5.74) is 0.840. The van der Waals surface area contributed by atoms with Gasteiger partial charge in [0.15, 0.2) is 0 Å². The number of rotatable bonds is 3. The maximum Gasteiger partial charge on any atom is 0.129 e. The van der Waals surface area contributed by atoms with Gasteiger partial charge in [0.2, 0.25) is 0 Å². The summed E-state index contributed by atoms with van der Waals surface area (Å²) in [5, 5.41) is 8.53. The lowest BCUT2D eigenvalue weighted by molar-refractivity contribution is 0.304. The molecular weight excluding hydrogens is 128 g/mol. The van der Waals surface area contributed by atoms with Crippen molar-refractivity contribution in [1.29, 1.82) is 0 Å². The van der Waals surface area contributed by atoms with Crippen LogP contribution in [0.1, 0.15) is 12.2 Å². The Morgan fingerprint density at radius 3 is 3.00 bits per heavy atom. The largest absolute Gasteiger partial charge is 0.465 e. The molecule has 0 saturated heterocycles. The quantitative estimate of drug-likeness (QED) is 0.689. The van der Waals surface area contributed by atoms with Crippen LogP contribution in [0.25, 0.3) is 5.57 Å². The van der Waals surface area contributed by atoms with E-state index in [-0.39, 0.29) is 6.61 Å². The summed E-state index contributed by atoms with van der Waals surface area (Å²) in [6.45, 7) is 3.86. The minimum absolute atomic E-state index is 0.125. The highest BCUT2D eigenvalue weighted by Crippen LogP contribution is 2.14. The van der Waals surface area contributed by atoms with Crippen LogP contribution in [0.3, 0.4) is 0 Å². The van der Waals surface area contributed by atoms with Gasteiger partial charge in [-0.1, -0.05) is 6.58 Å². The van der Waals surface area contributed by atoms with Crippen molar-refractivity contribution in [2.24, 2.45) is 0 Å².